The normalized spacial score (nSPS) is 11.8. The van der Waals surface area contributed by atoms with E-state index < -0.39 is 0 Å². The second-order valence-electron chi connectivity index (χ2n) is 8.88. The molecule has 0 saturated carbocycles. The van der Waals surface area contributed by atoms with E-state index in [0.717, 1.165) is 27.6 Å². The highest BCUT2D eigenvalue weighted by molar-refractivity contribution is 7.66. The van der Waals surface area contributed by atoms with Crippen molar-refractivity contribution >= 4 is 19.4 Å². The Kier molecular flexibility index (Phi) is 8.54. The molecule has 1 unspecified atom stereocenters. The zero-order chi connectivity index (χ0) is 23.5. The molecule has 1 atom stereocenters. The molecular formula is C26H37O4P. The van der Waals surface area contributed by atoms with Crippen LogP contribution >= 0.6 is 8.58 Å². The van der Waals surface area contributed by atoms with E-state index in [1.54, 1.807) is 0 Å². The van der Waals surface area contributed by atoms with Crippen LogP contribution in [0.3, 0.4) is 0 Å². The Hall–Kier alpha value is -2.06. The van der Waals surface area contributed by atoms with Gasteiger partial charge in [0.25, 0.3) is 0 Å². The van der Waals surface area contributed by atoms with E-state index >= 15 is 0 Å². The molecule has 0 aliphatic rings. The molecule has 4 nitrogen and oxygen atoms in total. The Bertz CT molecular complexity index is 914. The number of carbonyl (C=O) groups is 1. The lowest BCUT2D eigenvalue weighted by molar-refractivity contribution is 0.108. The van der Waals surface area contributed by atoms with E-state index in [-0.39, 0.29) is 32.4 Å². The predicted octanol–water partition coefficient (Wildman–Crippen LogP) is 6.43. The maximum absolute atomic E-state index is 13.5. The van der Waals surface area contributed by atoms with Crippen LogP contribution in [0.15, 0.2) is 18.2 Å². The topological polar surface area (TPSA) is 44.8 Å². The number of hydrogen-bond donors (Lipinski definition) is 0. The van der Waals surface area contributed by atoms with Crippen LogP contribution in [0.5, 0.6) is 17.2 Å². The second kappa shape index (κ2) is 10.5. The minimum absolute atomic E-state index is 0.0227. The van der Waals surface area contributed by atoms with Gasteiger partial charge in [-0.1, -0.05) is 6.07 Å². The molecule has 2 aromatic rings. The van der Waals surface area contributed by atoms with Gasteiger partial charge in [0.05, 0.1) is 23.6 Å². The summed E-state index contributed by atoms with van der Waals surface area (Å²) in [7, 11) is -0.114. The summed E-state index contributed by atoms with van der Waals surface area (Å²) in [5.41, 5.74) is 5.32. The van der Waals surface area contributed by atoms with Crippen molar-refractivity contribution in [2.45, 2.75) is 87.5 Å². The average molecular weight is 445 g/mol. The summed E-state index contributed by atoms with van der Waals surface area (Å²) in [6.07, 6.45) is -0.0514. The highest BCUT2D eigenvalue weighted by Crippen LogP contribution is 2.37. The largest absolute Gasteiger partial charge is 0.491 e. The number of benzene rings is 2. The fraction of sp³-hybridized carbons (Fsp3) is 0.500. The Morgan fingerprint density at radius 2 is 1.19 bits per heavy atom. The molecule has 0 saturated heterocycles. The summed E-state index contributed by atoms with van der Waals surface area (Å²) in [6, 6.07) is 5.85. The molecule has 5 heteroatoms. The summed E-state index contributed by atoms with van der Waals surface area (Å²) in [5, 5.41) is 0.792. The Morgan fingerprint density at radius 1 is 0.710 bits per heavy atom. The maximum atomic E-state index is 13.5. The monoisotopic (exact) mass is 444 g/mol. The van der Waals surface area contributed by atoms with Gasteiger partial charge in [0.2, 0.25) is 0 Å². The first kappa shape index (κ1) is 25.2. The van der Waals surface area contributed by atoms with Crippen molar-refractivity contribution in [1.82, 2.24) is 0 Å². The van der Waals surface area contributed by atoms with E-state index in [2.05, 4.69) is 19.9 Å². The van der Waals surface area contributed by atoms with Gasteiger partial charge in [-0.25, -0.2) is 0 Å². The fourth-order valence-electron chi connectivity index (χ4n) is 3.53. The van der Waals surface area contributed by atoms with Crippen molar-refractivity contribution in [2.75, 3.05) is 0 Å². The molecule has 2 aromatic carbocycles. The zero-order valence-electron chi connectivity index (χ0n) is 20.6. The third-order valence-corrected chi connectivity index (χ3v) is 6.18. The van der Waals surface area contributed by atoms with E-state index in [1.807, 2.05) is 67.5 Å². The van der Waals surface area contributed by atoms with Crippen LogP contribution in [0.4, 0.5) is 0 Å². The van der Waals surface area contributed by atoms with Gasteiger partial charge in [-0.05, 0) is 100 Å². The Morgan fingerprint density at radius 3 is 1.65 bits per heavy atom. The number of ether oxygens (including phenoxy) is 3. The summed E-state index contributed by atoms with van der Waals surface area (Å²) in [4.78, 5) is 13.5. The van der Waals surface area contributed by atoms with Crippen LogP contribution in [-0.2, 0) is 0 Å². The molecular weight excluding hydrogens is 407 g/mol. The smallest absolute Gasteiger partial charge is 0.186 e. The molecule has 31 heavy (non-hydrogen) atoms. The third-order valence-electron chi connectivity index (χ3n) is 4.96. The lowest BCUT2D eigenvalue weighted by Crippen LogP contribution is -2.19. The summed E-state index contributed by atoms with van der Waals surface area (Å²) >= 11 is 0. The molecule has 0 aliphatic heterocycles. The summed E-state index contributed by atoms with van der Waals surface area (Å²) in [5.74, 6) is 1.98. The van der Waals surface area contributed by atoms with Gasteiger partial charge in [0.1, 0.15) is 17.2 Å². The molecule has 0 amide bonds. The summed E-state index contributed by atoms with van der Waals surface area (Å²) < 4.78 is 18.2. The standard InChI is InChI=1S/C26H37O4P/c1-14(2)28-21-12-22(29-15(3)4)25(23(13-21)30-16(5)6)31-26(27)24-18(8)11-17(7)19(9)20(24)10/h11-16,31H,1-10H3. The van der Waals surface area contributed by atoms with Gasteiger partial charge in [-0.3, -0.25) is 4.79 Å². The SMILES string of the molecule is Cc1cc(C)c(C(=O)Pc2c(OC(C)C)cc(OC(C)C)cc2OC(C)C)c(C)c1C. The van der Waals surface area contributed by atoms with Crippen molar-refractivity contribution in [3.8, 4) is 17.2 Å². The molecule has 0 aromatic heterocycles. The second-order valence-corrected chi connectivity index (χ2v) is 10.1. The molecule has 170 valence electrons. The van der Waals surface area contributed by atoms with Crippen LogP contribution in [-0.4, -0.2) is 23.8 Å². The Labute approximate surface area is 189 Å². The fourth-order valence-corrected chi connectivity index (χ4v) is 4.78. The van der Waals surface area contributed by atoms with Gasteiger partial charge in [0, 0.05) is 17.7 Å². The van der Waals surface area contributed by atoms with Gasteiger partial charge in [0.15, 0.2) is 5.52 Å². The van der Waals surface area contributed by atoms with E-state index in [9.17, 15) is 4.79 Å². The van der Waals surface area contributed by atoms with Crippen LogP contribution in [0.25, 0.3) is 0 Å². The molecule has 0 radical (unpaired) electrons. The molecule has 0 bridgehead atoms. The highest BCUT2D eigenvalue weighted by atomic mass is 31.1. The minimum Gasteiger partial charge on any atom is -0.491 e. The van der Waals surface area contributed by atoms with Crippen LogP contribution < -0.4 is 19.5 Å². The van der Waals surface area contributed by atoms with Crippen molar-refractivity contribution < 1.29 is 19.0 Å². The lowest BCUT2D eigenvalue weighted by Gasteiger charge is -2.22. The van der Waals surface area contributed by atoms with Gasteiger partial charge >= 0.3 is 0 Å². The van der Waals surface area contributed by atoms with Gasteiger partial charge < -0.3 is 14.2 Å². The number of rotatable bonds is 9. The van der Waals surface area contributed by atoms with Crippen LogP contribution in [0.1, 0.15) is 74.2 Å². The van der Waals surface area contributed by atoms with E-state index in [4.69, 9.17) is 14.2 Å². The predicted molar refractivity (Wildman–Crippen MR) is 131 cm³/mol. The minimum atomic E-state index is -0.114. The summed E-state index contributed by atoms with van der Waals surface area (Å²) in [6.45, 7) is 20.1. The zero-order valence-corrected chi connectivity index (χ0v) is 21.6. The molecule has 0 spiro atoms. The number of hydrogen-bond acceptors (Lipinski definition) is 4. The van der Waals surface area contributed by atoms with Gasteiger partial charge in [-0.2, -0.15) is 0 Å². The molecule has 0 N–H and O–H groups in total. The van der Waals surface area contributed by atoms with Crippen molar-refractivity contribution in [3.05, 3.63) is 46.0 Å². The quantitative estimate of drug-likeness (QED) is 0.418. The third kappa shape index (κ3) is 6.46. The molecule has 0 aliphatic carbocycles. The van der Waals surface area contributed by atoms with Crippen LogP contribution in [0.2, 0.25) is 0 Å². The van der Waals surface area contributed by atoms with Crippen molar-refractivity contribution in [1.29, 1.82) is 0 Å². The maximum Gasteiger partial charge on any atom is 0.186 e. The van der Waals surface area contributed by atoms with E-state index in [0.29, 0.717) is 17.2 Å². The van der Waals surface area contributed by atoms with Crippen LogP contribution in [0, 0.1) is 27.7 Å². The first-order valence-corrected chi connectivity index (χ1v) is 12.0. The molecule has 0 heterocycles. The first-order valence-electron chi connectivity index (χ1n) is 11.0. The van der Waals surface area contributed by atoms with Crippen molar-refractivity contribution in [2.24, 2.45) is 0 Å². The van der Waals surface area contributed by atoms with E-state index in [1.165, 1.54) is 5.56 Å². The number of aryl methyl sites for hydroxylation is 2. The highest BCUT2D eigenvalue weighted by Gasteiger charge is 2.23. The lowest BCUT2D eigenvalue weighted by atomic mass is 9.95. The number of carbonyl (C=O) groups excluding carboxylic acids is 1. The average Bonchev–Trinajstić information content (AvgIpc) is 2.61. The van der Waals surface area contributed by atoms with Crippen molar-refractivity contribution in [3.63, 3.8) is 0 Å². The Balaban J connectivity index is 2.60. The first-order chi connectivity index (χ1) is 14.4. The molecule has 2 rings (SSSR count). The molecule has 0 fully saturated rings. The van der Waals surface area contributed by atoms with Gasteiger partial charge in [-0.15, -0.1) is 0 Å².